The van der Waals surface area contributed by atoms with Gasteiger partial charge < -0.3 is 4.74 Å². The first-order chi connectivity index (χ1) is 6.58. The van der Waals surface area contributed by atoms with Crippen LogP contribution >= 0.6 is 0 Å². The number of sulfonamides is 2. The van der Waals surface area contributed by atoms with Crippen molar-refractivity contribution in [1.29, 1.82) is 0 Å². The summed E-state index contributed by atoms with van der Waals surface area (Å²) >= 11 is 0. The Labute approximate surface area is 83.5 Å². The lowest BCUT2D eigenvalue weighted by Crippen LogP contribution is -2.51. The van der Waals surface area contributed by atoms with E-state index >= 15 is 0 Å². The lowest BCUT2D eigenvalue weighted by molar-refractivity contribution is -0.160. The number of rotatable bonds is 0. The van der Waals surface area contributed by atoms with Crippen LogP contribution in [0.2, 0.25) is 0 Å². The van der Waals surface area contributed by atoms with E-state index in [1.165, 1.54) is 0 Å². The summed E-state index contributed by atoms with van der Waals surface area (Å²) in [5, 5.41) is -4.92. The van der Waals surface area contributed by atoms with Gasteiger partial charge in [-0.15, -0.1) is 4.13 Å². The summed E-state index contributed by atoms with van der Waals surface area (Å²) in [5.41, 5.74) is 0. The van der Waals surface area contributed by atoms with E-state index in [2.05, 4.69) is 4.74 Å². The minimum absolute atomic E-state index is 0.749. The minimum Gasteiger partial charge on any atom is -0.459 e. The van der Waals surface area contributed by atoms with Crippen molar-refractivity contribution in [3.63, 3.8) is 0 Å². The molecule has 0 aromatic carbocycles. The molecule has 1 saturated heterocycles. The standard InChI is InChI=1S/C4H5F2NO6S2/c5-4(6)3(8)13-1-2-14(9,10)7-15(4,11)12/h7H,1-2H2. The van der Waals surface area contributed by atoms with Crippen molar-refractivity contribution in [3.05, 3.63) is 0 Å². The molecule has 88 valence electrons. The molecule has 0 aliphatic carbocycles. The molecule has 0 radical (unpaired) electrons. The van der Waals surface area contributed by atoms with E-state index in [1.807, 2.05) is 0 Å². The van der Waals surface area contributed by atoms with Gasteiger partial charge in [-0.1, -0.05) is 0 Å². The first-order valence-corrected chi connectivity index (χ1v) is 6.53. The highest BCUT2D eigenvalue weighted by atomic mass is 32.3. The van der Waals surface area contributed by atoms with E-state index in [0.717, 1.165) is 4.13 Å². The van der Waals surface area contributed by atoms with Gasteiger partial charge in [0.15, 0.2) is 0 Å². The fourth-order valence-electron chi connectivity index (χ4n) is 0.699. The van der Waals surface area contributed by atoms with E-state index in [9.17, 15) is 30.4 Å². The van der Waals surface area contributed by atoms with Gasteiger partial charge in [-0.2, -0.15) is 8.78 Å². The van der Waals surface area contributed by atoms with E-state index < -0.39 is 43.6 Å². The van der Waals surface area contributed by atoms with Crippen LogP contribution in [0, 0.1) is 0 Å². The fourth-order valence-corrected chi connectivity index (χ4v) is 3.37. The van der Waals surface area contributed by atoms with Crippen LogP contribution < -0.4 is 4.13 Å². The van der Waals surface area contributed by atoms with Crippen molar-refractivity contribution in [1.82, 2.24) is 4.13 Å². The molecule has 1 aliphatic rings. The lowest BCUT2D eigenvalue weighted by Gasteiger charge is -2.19. The zero-order chi connectivity index (χ0) is 11.9. The molecule has 0 aromatic rings. The van der Waals surface area contributed by atoms with Gasteiger partial charge in [-0.25, -0.2) is 21.6 Å². The molecular formula is C4H5F2NO6S2. The van der Waals surface area contributed by atoms with Crippen LogP contribution in [0.25, 0.3) is 0 Å². The summed E-state index contributed by atoms with van der Waals surface area (Å²) in [6.07, 6.45) is 0. The Morgan fingerprint density at radius 3 is 2.33 bits per heavy atom. The van der Waals surface area contributed by atoms with Crippen molar-refractivity contribution in [2.45, 2.75) is 5.25 Å². The molecule has 0 bridgehead atoms. The van der Waals surface area contributed by atoms with Crippen molar-refractivity contribution in [3.8, 4) is 0 Å². The number of cyclic esters (lactones) is 1. The number of ether oxygens (including phenoxy) is 1. The Bertz CT molecular complexity index is 479. The monoisotopic (exact) mass is 265 g/mol. The van der Waals surface area contributed by atoms with Crippen LogP contribution in [0.15, 0.2) is 0 Å². The molecule has 7 nitrogen and oxygen atoms in total. The molecule has 0 spiro atoms. The molecule has 0 amide bonds. The summed E-state index contributed by atoms with van der Waals surface area (Å²) in [4.78, 5) is 10.5. The molecule has 1 fully saturated rings. The molecule has 0 saturated carbocycles. The number of hydrogen-bond donors (Lipinski definition) is 1. The molecule has 1 heterocycles. The maximum Gasteiger partial charge on any atom is 0.455 e. The van der Waals surface area contributed by atoms with E-state index in [1.54, 1.807) is 0 Å². The van der Waals surface area contributed by atoms with E-state index in [-0.39, 0.29) is 0 Å². The molecule has 15 heavy (non-hydrogen) atoms. The number of esters is 1. The zero-order valence-electron chi connectivity index (χ0n) is 6.94. The fraction of sp³-hybridized carbons (Fsp3) is 0.750. The summed E-state index contributed by atoms with van der Waals surface area (Å²) in [6.45, 7) is -0.834. The predicted octanol–water partition coefficient (Wildman–Crippen LogP) is -1.61. The first kappa shape index (κ1) is 12.3. The largest absolute Gasteiger partial charge is 0.459 e. The van der Waals surface area contributed by atoms with Crippen LogP contribution in [0.1, 0.15) is 0 Å². The maximum atomic E-state index is 12.8. The molecule has 1 N–H and O–H groups in total. The maximum absolute atomic E-state index is 12.8. The predicted molar refractivity (Wildman–Crippen MR) is 41.7 cm³/mol. The van der Waals surface area contributed by atoms with Crippen LogP contribution in [0.3, 0.4) is 0 Å². The van der Waals surface area contributed by atoms with Gasteiger partial charge in [-0.3, -0.25) is 0 Å². The van der Waals surface area contributed by atoms with Crippen molar-refractivity contribution < 1.29 is 35.1 Å². The third-order valence-electron chi connectivity index (χ3n) is 1.40. The smallest absolute Gasteiger partial charge is 0.455 e. The van der Waals surface area contributed by atoms with Gasteiger partial charge in [0.1, 0.15) is 6.61 Å². The second-order valence-electron chi connectivity index (χ2n) is 2.56. The Morgan fingerprint density at radius 1 is 1.27 bits per heavy atom. The molecule has 1 rings (SSSR count). The van der Waals surface area contributed by atoms with Gasteiger partial charge in [0, 0.05) is 0 Å². The molecule has 0 atom stereocenters. The Kier molecular flexibility index (Phi) is 2.74. The van der Waals surface area contributed by atoms with Crippen LogP contribution in [-0.2, 0) is 29.6 Å². The number of carbonyl (C=O) groups excluding carboxylic acids is 1. The minimum atomic E-state index is -5.62. The molecular weight excluding hydrogens is 260 g/mol. The summed E-state index contributed by atoms with van der Waals surface area (Å²) < 4.78 is 73.2. The average Bonchev–Trinajstić information content (AvgIpc) is 1.99. The SMILES string of the molecule is O=C1OCCS(=O)(=O)NS(=O)(=O)C1(F)F. The van der Waals surface area contributed by atoms with Crippen LogP contribution in [0.4, 0.5) is 8.78 Å². The van der Waals surface area contributed by atoms with Gasteiger partial charge in [0.2, 0.25) is 10.0 Å². The highest BCUT2D eigenvalue weighted by molar-refractivity contribution is 8.05. The summed E-state index contributed by atoms with van der Waals surface area (Å²) in [7, 11) is -10.1. The average molecular weight is 265 g/mol. The highest BCUT2D eigenvalue weighted by Crippen LogP contribution is 2.24. The van der Waals surface area contributed by atoms with Crippen molar-refractivity contribution in [2.24, 2.45) is 0 Å². The Morgan fingerprint density at radius 2 is 1.80 bits per heavy atom. The molecule has 0 unspecified atom stereocenters. The summed E-state index contributed by atoms with van der Waals surface area (Å²) in [6, 6.07) is 0. The van der Waals surface area contributed by atoms with Crippen LogP contribution in [-0.4, -0.2) is 40.4 Å². The van der Waals surface area contributed by atoms with Crippen LogP contribution in [0.5, 0.6) is 0 Å². The second-order valence-corrected chi connectivity index (χ2v) is 6.38. The summed E-state index contributed by atoms with van der Waals surface area (Å²) in [5.74, 6) is -3.20. The zero-order valence-corrected chi connectivity index (χ0v) is 8.57. The number of alkyl halides is 2. The van der Waals surface area contributed by atoms with Gasteiger partial charge in [-0.05, 0) is 0 Å². The van der Waals surface area contributed by atoms with E-state index in [0.29, 0.717) is 0 Å². The molecule has 11 heteroatoms. The Hall–Kier alpha value is -0.810. The number of halogens is 2. The number of carbonyl (C=O) groups is 1. The lowest BCUT2D eigenvalue weighted by atomic mass is 10.7. The number of hydrogen-bond acceptors (Lipinski definition) is 6. The second kappa shape index (κ2) is 3.35. The van der Waals surface area contributed by atoms with Crippen molar-refractivity contribution >= 4 is 26.0 Å². The number of nitrogens with one attached hydrogen (secondary N) is 1. The Balaban J connectivity index is 3.26. The van der Waals surface area contributed by atoms with Gasteiger partial charge in [0.05, 0.1) is 5.75 Å². The quantitative estimate of drug-likeness (QED) is 0.528. The third-order valence-corrected chi connectivity index (χ3v) is 4.84. The third kappa shape index (κ3) is 2.23. The molecule has 1 aliphatic heterocycles. The van der Waals surface area contributed by atoms with E-state index in [4.69, 9.17) is 0 Å². The topological polar surface area (TPSA) is 107 Å². The molecule has 0 aromatic heterocycles. The van der Waals surface area contributed by atoms with Crippen molar-refractivity contribution in [2.75, 3.05) is 12.4 Å². The first-order valence-electron chi connectivity index (χ1n) is 3.39. The highest BCUT2D eigenvalue weighted by Gasteiger charge is 2.57. The normalized spacial score (nSPS) is 28.5. The van der Waals surface area contributed by atoms with Gasteiger partial charge >= 0.3 is 21.2 Å². The van der Waals surface area contributed by atoms with Gasteiger partial charge in [0.25, 0.3) is 0 Å².